The number of nitriles is 1. The molecule has 0 aromatic carbocycles. The van der Waals surface area contributed by atoms with Crippen molar-refractivity contribution in [1.29, 1.82) is 5.26 Å². The lowest BCUT2D eigenvalue weighted by atomic mass is 9.93. The molecule has 1 heterocycles. The van der Waals surface area contributed by atoms with Crippen LogP contribution in [0, 0.1) is 17.2 Å². The average Bonchev–Trinajstić information content (AvgIpc) is 2.17. The second-order valence-electron chi connectivity index (χ2n) is 5.32. The molecule has 0 spiro atoms. The summed E-state index contributed by atoms with van der Waals surface area (Å²) in [5, 5.41) is 8.90. The lowest BCUT2D eigenvalue weighted by molar-refractivity contribution is 0.124. The second-order valence-corrected chi connectivity index (χ2v) is 5.32. The Morgan fingerprint density at radius 3 is 2.87 bits per heavy atom. The van der Waals surface area contributed by atoms with Crippen molar-refractivity contribution in [2.75, 3.05) is 13.1 Å². The molecule has 3 heteroatoms. The summed E-state index contributed by atoms with van der Waals surface area (Å²) in [4.78, 5) is 2.47. The number of likely N-dealkylation sites (tertiary alicyclic amines) is 1. The van der Waals surface area contributed by atoms with Gasteiger partial charge in [0.2, 0.25) is 0 Å². The van der Waals surface area contributed by atoms with Gasteiger partial charge in [-0.2, -0.15) is 5.26 Å². The Morgan fingerprint density at radius 1 is 1.67 bits per heavy atom. The average molecular weight is 209 g/mol. The summed E-state index contributed by atoms with van der Waals surface area (Å²) in [7, 11) is 0. The minimum Gasteiger partial charge on any atom is -0.314 e. The van der Waals surface area contributed by atoms with E-state index >= 15 is 0 Å². The van der Waals surface area contributed by atoms with Crippen LogP contribution in [0.4, 0.5) is 0 Å². The van der Waals surface area contributed by atoms with Crippen LogP contribution in [0.3, 0.4) is 0 Å². The van der Waals surface area contributed by atoms with E-state index in [-0.39, 0.29) is 0 Å². The highest BCUT2D eigenvalue weighted by atomic mass is 15.2. The topological polar surface area (TPSA) is 53.0 Å². The Kier molecular flexibility index (Phi) is 4.12. The maximum atomic E-state index is 8.90. The molecule has 0 bridgehead atoms. The highest BCUT2D eigenvalue weighted by Crippen LogP contribution is 2.21. The molecule has 2 N–H and O–H groups in total. The third-order valence-corrected chi connectivity index (χ3v) is 3.29. The number of nitrogens with zero attached hydrogens (tertiary/aromatic N) is 2. The van der Waals surface area contributed by atoms with Gasteiger partial charge in [0.1, 0.15) is 5.54 Å². The lowest BCUT2D eigenvalue weighted by Gasteiger charge is -2.37. The van der Waals surface area contributed by atoms with Crippen LogP contribution in [0.1, 0.15) is 40.0 Å². The number of nitrogens with two attached hydrogens (primary N) is 1. The summed E-state index contributed by atoms with van der Waals surface area (Å²) in [6, 6.07) is 2.59. The van der Waals surface area contributed by atoms with Crippen LogP contribution < -0.4 is 5.73 Å². The van der Waals surface area contributed by atoms with Gasteiger partial charge in [-0.3, -0.25) is 0 Å². The van der Waals surface area contributed by atoms with E-state index in [1.165, 1.54) is 12.8 Å². The minimum atomic E-state index is -0.680. The van der Waals surface area contributed by atoms with Crippen molar-refractivity contribution in [2.45, 2.75) is 51.6 Å². The van der Waals surface area contributed by atoms with E-state index in [1.807, 2.05) is 6.92 Å². The molecule has 3 atom stereocenters. The summed E-state index contributed by atoms with van der Waals surface area (Å²) < 4.78 is 0. The zero-order valence-corrected chi connectivity index (χ0v) is 10.2. The molecule has 15 heavy (non-hydrogen) atoms. The SMILES string of the molecule is CC1CCCN(C(C)CC(C)(N)C#N)C1. The van der Waals surface area contributed by atoms with Crippen molar-refractivity contribution in [3.63, 3.8) is 0 Å². The molecular weight excluding hydrogens is 186 g/mol. The molecule has 86 valence electrons. The molecule has 0 saturated carbocycles. The summed E-state index contributed by atoms with van der Waals surface area (Å²) in [6.07, 6.45) is 3.37. The molecule has 3 unspecified atom stereocenters. The quantitative estimate of drug-likeness (QED) is 0.770. The van der Waals surface area contributed by atoms with Crippen molar-refractivity contribution in [2.24, 2.45) is 11.7 Å². The number of piperidine rings is 1. The Bertz CT molecular complexity index is 242. The van der Waals surface area contributed by atoms with Gasteiger partial charge in [-0.05, 0) is 45.6 Å². The fraction of sp³-hybridized carbons (Fsp3) is 0.917. The van der Waals surface area contributed by atoms with Gasteiger partial charge in [0.15, 0.2) is 0 Å². The Balaban J connectivity index is 2.46. The smallest absolute Gasteiger partial charge is 0.102 e. The highest BCUT2D eigenvalue weighted by Gasteiger charge is 2.27. The van der Waals surface area contributed by atoms with Crippen molar-refractivity contribution < 1.29 is 0 Å². The zero-order chi connectivity index (χ0) is 11.5. The largest absolute Gasteiger partial charge is 0.314 e. The first-order chi connectivity index (χ1) is 6.94. The van der Waals surface area contributed by atoms with E-state index in [1.54, 1.807) is 0 Å². The molecule has 0 aliphatic carbocycles. The van der Waals surface area contributed by atoms with Gasteiger partial charge in [-0.25, -0.2) is 0 Å². The molecule has 1 rings (SSSR count). The maximum absolute atomic E-state index is 8.90. The van der Waals surface area contributed by atoms with Crippen LogP contribution in [-0.2, 0) is 0 Å². The van der Waals surface area contributed by atoms with Gasteiger partial charge >= 0.3 is 0 Å². The van der Waals surface area contributed by atoms with Gasteiger partial charge in [0.05, 0.1) is 6.07 Å². The van der Waals surface area contributed by atoms with E-state index < -0.39 is 5.54 Å². The third-order valence-electron chi connectivity index (χ3n) is 3.29. The van der Waals surface area contributed by atoms with E-state index in [9.17, 15) is 0 Å². The van der Waals surface area contributed by atoms with Crippen molar-refractivity contribution in [3.8, 4) is 6.07 Å². The monoisotopic (exact) mass is 209 g/mol. The molecule has 0 aromatic heterocycles. The second kappa shape index (κ2) is 4.96. The van der Waals surface area contributed by atoms with Gasteiger partial charge in [0, 0.05) is 12.6 Å². The molecule has 0 amide bonds. The summed E-state index contributed by atoms with van der Waals surface area (Å²) in [5.74, 6) is 0.785. The summed E-state index contributed by atoms with van der Waals surface area (Å²) in [6.45, 7) is 8.61. The van der Waals surface area contributed by atoms with Gasteiger partial charge in [0.25, 0.3) is 0 Å². The highest BCUT2D eigenvalue weighted by molar-refractivity contribution is 5.02. The number of hydrogen-bond acceptors (Lipinski definition) is 3. The zero-order valence-electron chi connectivity index (χ0n) is 10.2. The minimum absolute atomic E-state index is 0.419. The summed E-state index contributed by atoms with van der Waals surface area (Å²) >= 11 is 0. The van der Waals surface area contributed by atoms with Crippen LogP contribution in [0.5, 0.6) is 0 Å². The van der Waals surface area contributed by atoms with Crippen molar-refractivity contribution in [3.05, 3.63) is 0 Å². The molecule has 1 aliphatic rings. The molecule has 0 radical (unpaired) electrons. The molecular formula is C12H23N3. The first kappa shape index (κ1) is 12.5. The van der Waals surface area contributed by atoms with E-state index in [0.29, 0.717) is 6.04 Å². The van der Waals surface area contributed by atoms with E-state index in [0.717, 1.165) is 25.4 Å². The fourth-order valence-corrected chi connectivity index (χ4v) is 2.41. The Labute approximate surface area is 93.2 Å². The Hall–Kier alpha value is -0.590. The van der Waals surface area contributed by atoms with E-state index in [4.69, 9.17) is 11.0 Å². The fourth-order valence-electron chi connectivity index (χ4n) is 2.41. The Morgan fingerprint density at radius 2 is 2.33 bits per heavy atom. The summed E-state index contributed by atoms with van der Waals surface area (Å²) in [5.41, 5.74) is 5.19. The van der Waals surface area contributed by atoms with Crippen molar-refractivity contribution >= 4 is 0 Å². The van der Waals surface area contributed by atoms with Gasteiger partial charge in [-0.1, -0.05) is 6.92 Å². The molecule has 1 aliphatic heterocycles. The van der Waals surface area contributed by atoms with Crippen LogP contribution >= 0.6 is 0 Å². The van der Waals surface area contributed by atoms with E-state index in [2.05, 4.69) is 24.8 Å². The third kappa shape index (κ3) is 3.81. The van der Waals surface area contributed by atoms with Crippen LogP contribution in [0.15, 0.2) is 0 Å². The standard InChI is InChI=1S/C12H23N3/c1-10-5-4-6-15(8-10)11(2)7-12(3,14)9-13/h10-11H,4-8,14H2,1-3H3. The lowest BCUT2D eigenvalue weighted by Crippen LogP contribution is -2.46. The molecule has 3 nitrogen and oxygen atoms in total. The van der Waals surface area contributed by atoms with Gasteiger partial charge in [-0.15, -0.1) is 0 Å². The van der Waals surface area contributed by atoms with Crippen LogP contribution in [0.2, 0.25) is 0 Å². The molecule has 1 saturated heterocycles. The van der Waals surface area contributed by atoms with Crippen LogP contribution in [-0.4, -0.2) is 29.6 Å². The maximum Gasteiger partial charge on any atom is 0.102 e. The van der Waals surface area contributed by atoms with Gasteiger partial charge < -0.3 is 10.6 Å². The predicted molar refractivity (Wildman–Crippen MR) is 62.3 cm³/mol. The first-order valence-corrected chi connectivity index (χ1v) is 5.89. The van der Waals surface area contributed by atoms with Crippen molar-refractivity contribution in [1.82, 2.24) is 4.90 Å². The molecule has 0 aromatic rings. The molecule has 1 fully saturated rings. The predicted octanol–water partition coefficient (Wildman–Crippen LogP) is 1.74. The number of rotatable bonds is 3. The number of hydrogen-bond donors (Lipinski definition) is 1. The first-order valence-electron chi connectivity index (χ1n) is 5.89. The van der Waals surface area contributed by atoms with Crippen LogP contribution in [0.25, 0.3) is 0 Å². The normalized spacial score (nSPS) is 29.1.